The average molecular weight is 236 g/mol. The summed E-state index contributed by atoms with van der Waals surface area (Å²) in [6.07, 6.45) is 0. The number of aliphatic hydroxyl groups is 1. The molecule has 1 aromatic heterocycles. The normalized spacial score (nSPS) is 10.4. The summed E-state index contributed by atoms with van der Waals surface area (Å²) in [5, 5.41) is 9.58. The fraction of sp³-hybridized carbons (Fsp3) is 0.0833. The Bertz CT molecular complexity index is 563. The number of aliphatic hydroxyl groups excluding tert-OH is 1. The van der Waals surface area contributed by atoms with Gasteiger partial charge in [0.15, 0.2) is 0 Å². The molecule has 0 saturated carbocycles. The summed E-state index contributed by atoms with van der Waals surface area (Å²) in [5.74, 6) is 0. The minimum Gasteiger partial charge on any atom is -0.392 e. The van der Waals surface area contributed by atoms with Gasteiger partial charge in [-0.05, 0) is 23.8 Å². The van der Waals surface area contributed by atoms with E-state index in [1.165, 1.54) is 6.07 Å². The third-order valence-electron chi connectivity index (χ3n) is 2.27. The van der Waals surface area contributed by atoms with E-state index in [1.54, 1.807) is 30.3 Å². The molecule has 16 heavy (non-hydrogen) atoms. The zero-order chi connectivity index (χ0) is 11.5. The van der Waals surface area contributed by atoms with E-state index >= 15 is 0 Å². The monoisotopic (exact) mass is 235 g/mol. The Labute approximate surface area is 97.3 Å². The summed E-state index contributed by atoms with van der Waals surface area (Å²) in [6, 6.07) is 10.1. The van der Waals surface area contributed by atoms with Gasteiger partial charge in [-0.3, -0.25) is 4.79 Å². The van der Waals surface area contributed by atoms with Crippen LogP contribution in [0, 0.1) is 0 Å². The number of nitrogens with one attached hydrogen (secondary N) is 1. The molecular weight excluding hydrogens is 226 g/mol. The quantitative estimate of drug-likeness (QED) is 0.838. The lowest BCUT2D eigenvalue weighted by Crippen LogP contribution is -2.03. The molecule has 4 heteroatoms. The zero-order valence-corrected chi connectivity index (χ0v) is 9.16. The smallest absolute Gasteiger partial charge is 0.248 e. The van der Waals surface area contributed by atoms with Gasteiger partial charge in [-0.15, -0.1) is 0 Å². The van der Waals surface area contributed by atoms with Gasteiger partial charge < -0.3 is 10.1 Å². The standard InChI is InChI=1S/C12H10ClNO2/c13-10-5-4-8(7-15)6-9(10)11-2-1-3-12(16)14-11/h1-6,15H,7H2,(H,14,16). The second-order valence-corrected chi connectivity index (χ2v) is 3.81. The number of hydrogen-bond acceptors (Lipinski definition) is 2. The van der Waals surface area contributed by atoms with Crippen LogP contribution in [0.15, 0.2) is 41.2 Å². The number of aromatic nitrogens is 1. The van der Waals surface area contributed by atoms with Crippen molar-refractivity contribution in [2.24, 2.45) is 0 Å². The van der Waals surface area contributed by atoms with Crippen molar-refractivity contribution in [2.75, 3.05) is 0 Å². The number of aromatic amines is 1. The maximum absolute atomic E-state index is 11.2. The van der Waals surface area contributed by atoms with Crippen molar-refractivity contribution in [3.63, 3.8) is 0 Å². The minimum absolute atomic E-state index is 0.0543. The predicted molar refractivity (Wildman–Crippen MR) is 63.4 cm³/mol. The van der Waals surface area contributed by atoms with Crippen molar-refractivity contribution in [2.45, 2.75) is 6.61 Å². The molecule has 0 radical (unpaired) electrons. The summed E-state index contributed by atoms with van der Waals surface area (Å²) < 4.78 is 0. The first-order valence-corrected chi connectivity index (χ1v) is 5.17. The molecule has 2 N–H and O–H groups in total. The van der Waals surface area contributed by atoms with Crippen LogP contribution in [0.25, 0.3) is 11.3 Å². The van der Waals surface area contributed by atoms with Crippen molar-refractivity contribution in [3.05, 3.63) is 57.3 Å². The Kier molecular flexibility index (Phi) is 3.08. The largest absolute Gasteiger partial charge is 0.392 e. The van der Waals surface area contributed by atoms with Gasteiger partial charge in [-0.2, -0.15) is 0 Å². The minimum atomic E-state index is -0.178. The summed E-state index contributed by atoms with van der Waals surface area (Å²) in [5.41, 5.74) is 1.94. The molecule has 1 heterocycles. The van der Waals surface area contributed by atoms with Crippen LogP contribution in [0.3, 0.4) is 0 Å². The van der Waals surface area contributed by atoms with Crippen LogP contribution in [0.4, 0.5) is 0 Å². The predicted octanol–water partition coefficient (Wildman–Crippen LogP) is 2.19. The third-order valence-corrected chi connectivity index (χ3v) is 2.60. The Morgan fingerprint density at radius 1 is 1.25 bits per heavy atom. The highest BCUT2D eigenvalue weighted by atomic mass is 35.5. The van der Waals surface area contributed by atoms with E-state index in [1.807, 2.05) is 0 Å². The molecule has 0 atom stereocenters. The lowest BCUT2D eigenvalue weighted by molar-refractivity contribution is 0.282. The van der Waals surface area contributed by atoms with E-state index in [2.05, 4.69) is 4.98 Å². The molecule has 0 amide bonds. The van der Waals surface area contributed by atoms with Crippen molar-refractivity contribution in [3.8, 4) is 11.3 Å². The second kappa shape index (κ2) is 4.51. The first kappa shape index (κ1) is 10.9. The van der Waals surface area contributed by atoms with Crippen molar-refractivity contribution < 1.29 is 5.11 Å². The van der Waals surface area contributed by atoms with Crippen LogP contribution in [-0.4, -0.2) is 10.1 Å². The van der Waals surface area contributed by atoms with E-state index in [4.69, 9.17) is 16.7 Å². The van der Waals surface area contributed by atoms with Gasteiger partial charge in [0.1, 0.15) is 0 Å². The number of pyridine rings is 1. The molecule has 0 fully saturated rings. The highest BCUT2D eigenvalue weighted by Gasteiger charge is 2.05. The molecule has 0 spiro atoms. The van der Waals surface area contributed by atoms with Gasteiger partial charge in [0, 0.05) is 22.3 Å². The number of benzene rings is 1. The maximum atomic E-state index is 11.2. The Hall–Kier alpha value is -1.58. The summed E-state index contributed by atoms with van der Waals surface area (Å²) in [7, 11) is 0. The number of hydrogen-bond donors (Lipinski definition) is 2. The molecule has 82 valence electrons. The van der Waals surface area contributed by atoms with E-state index in [9.17, 15) is 4.79 Å². The van der Waals surface area contributed by atoms with Crippen LogP contribution < -0.4 is 5.56 Å². The van der Waals surface area contributed by atoms with Crippen LogP contribution in [0.1, 0.15) is 5.56 Å². The molecular formula is C12H10ClNO2. The van der Waals surface area contributed by atoms with E-state index < -0.39 is 0 Å². The van der Waals surface area contributed by atoms with E-state index in [-0.39, 0.29) is 12.2 Å². The second-order valence-electron chi connectivity index (χ2n) is 3.40. The molecule has 0 unspecified atom stereocenters. The first-order chi connectivity index (χ1) is 7.70. The fourth-order valence-electron chi connectivity index (χ4n) is 1.48. The van der Waals surface area contributed by atoms with Crippen molar-refractivity contribution >= 4 is 11.6 Å². The molecule has 0 aliphatic heterocycles. The number of halogens is 1. The average Bonchev–Trinajstić information content (AvgIpc) is 2.30. The fourth-order valence-corrected chi connectivity index (χ4v) is 1.70. The van der Waals surface area contributed by atoms with Crippen molar-refractivity contribution in [1.29, 1.82) is 0 Å². The van der Waals surface area contributed by atoms with Crippen LogP contribution in [0.5, 0.6) is 0 Å². The topological polar surface area (TPSA) is 53.1 Å². The lowest BCUT2D eigenvalue weighted by Gasteiger charge is -2.06. The first-order valence-electron chi connectivity index (χ1n) is 4.79. The van der Waals surface area contributed by atoms with E-state index in [0.29, 0.717) is 16.3 Å². The molecule has 0 bridgehead atoms. The molecule has 3 nitrogen and oxygen atoms in total. The van der Waals surface area contributed by atoms with Gasteiger partial charge in [0.25, 0.3) is 0 Å². The summed E-state index contributed by atoms with van der Waals surface area (Å²) in [6.45, 7) is -0.0543. The maximum Gasteiger partial charge on any atom is 0.248 e. The molecule has 1 aromatic carbocycles. The molecule has 0 aliphatic rings. The van der Waals surface area contributed by atoms with Crippen LogP contribution in [0.2, 0.25) is 5.02 Å². The van der Waals surface area contributed by atoms with Crippen LogP contribution in [-0.2, 0) is 6.61 Å². The Balaban J connectivity index is 2.58. The number of rotatable bonds is 2. The van der Waals surface area contributed by atoms with Crippen molar-refractivity contribution in [1.82, 2.24) is 4.98 Å². The van der Waals surface area contributed by atoms with Gasteiger partial charge in [0.05, 0.1) is 6.61 Å². The van der Waals surface area contributed by atoms with Crippen LogP contribution >= 0.6 is 11.6 Å². The lowest BCUT2D eigenvalue weighted by atomic mass is 10.1. The Morgan fingerprint density at radius 3 is 2.75 bits per heavy atom. The molecule has 0 aliphatic carbocycles. The van der Waals surface area contributed by atoms with Gasteiger partial charge >= 0.3 is 0 Å². The highest BCUT2D eigenvalue weighted by molar-refractivity contribution is 6.33. The van der Waals surface area contributed by atoms with Gasteiger partial charge in [-0.1, -0.05) is 23.7 Å². The molecule has 2 aromatic rings. The molecule has 2 rings (SSSR count). The SMILES string of the molecule is O=c1cccc(-c2cc(CO)ccc2Cl)[nH]1. The van der Waals surface area contributed by atoms with Gasteiger partial charge in [0.2, 0.25) is 5.56 Å². The third kappa shape index (κ3) is 2.15. The summed E-state index contributed by atoms with van der Waals surface area (Å²) >= 11 is 6.04. The van der Waals surface area contributed by atoms with E-state index in [0.717, 1.165) is 5.56 Å². The van der Waals surface area contributed by atoms with Gasteiger partial charge in [-0.25, -0.2) is 0 Å². The number of H-pyrrole nitrogens is 1. The Morgan fingerprint density at radius 2 is 2.06 bits per heavy atom. The highest BCUT2D eigenvalue weighted by Crippen LogP contribution is 2.26. The summed E-state index contributed by atoms with van der Waals surface area (Å²) in [4.78, 5) is 13.9. The zero-order valence-electron chi connectivity index (χ0n) is 8.40. The molecule has 0 saturated heterocycles.